The number of thioether (sulfide) groups is 1. The fourth-order valence-electron chi connectivity index (χ4n) is 2.49. The Hall–Kier alpha value is 0.220. The lowest BCUT2D eigenvalue weighted by atomic mass is 9.87. The van der Waals surface area contributed by atoms with Crippen LogP contribution in [0, 0.1) is 5.41 Å². The summed E-state index contributed by atoms with van der Waals surface area (Å²) in [5.41, 5.74) is 6.38. The fourth-order valence-corrected chi connectivity index (χ4v) is 5.46. The van der Waals surface area contributed by atoms with E-state index in [9.17, 15) is 8.42 Å². The molecule has 4 nitrogen and oxygen atoms in total. The summed E-state index contributed by atoms with van der Waals surface area (Å²) in [5.74, 6) is 1.70. The second kappa shape index (κ2) is 6.78. The van der Waals surface area contributed by atoms with Crippen molar-refractivity contribution in [2.45, 2.75) is 45.0 Å². The van der Waals surface area contributed by atoms with Crippen LogP contribution in [0.15, 0.2) is 0 Å². The molecule has 1 fully saturated rings. The van der Waals surface area contributed by atoms with E-state index >= 15 is 0 Å². The van der Waals surface area contributed by atoms with Crippen molar-refractivity contribution in [1.82, 2.24) is 4.90 Å². The first kappa shape index (κ1) is 17.3. The van der Waals surface area contributed by atoms with Crippen molar-refractivity contribution in [3.8, 4) is 0 Å². The van der Waals surface area contributed by atoms with Gasteiger partial charge in [0.2, 0.25) is 0 Å². The van der Waals surface area contributed by atoms with Crippen molar-refractivity contribution in [3.63, 3.8) is 0 Å². The summed E-state index contributed by atoms with van der Waals surface area (Å²) in [5, 5.41) is -0.326. The smallest absolute Gasteiger partial charge is 0.164 e. The van der Waals surface area contributed by atoms with Gasteiger partial charge in [-0.1, -0.05) is 20.8 Å². The van der Waals surface area contributed by atoms with E-state index in [1.807, 2.05) is 0 Å². The van der Waals surface area contributed by atoms with Gasteiger partial charge in [-0.2, -0.15) is 11.8 Å². The molecule has 0 spiro atoms. The average Bonchev–Trinajstić information content (AvgIpc) is 2.23. The third-order valence-corrected chi connectivity index (χ3v) is 6.03. The Labute approximate surface area is 122 Å². The van der Waals surface area contributed by atoms with Crippen LogP contribution in [0.4, 0.5) is 0 Å². The number of sulfone groups is 1. The molecule has 0 aromatic heterocycles. The second-order valence-corrected chi connectivity index (χ2v) is 10.1. The highest BCUT2D eigenvalue weighted by molar-refractivity contribution is 8.00. The minimum atomic E-state index is -2.99. The van der Waals surface area contributed by atoms with Gasteiger partial charge in [-0.15, -0.1) is 0 Å². The molecule has 114 valence electrons. The van der Waals surface area contributed by atoms with Gasteiger partial charge in [0.25, 0.3) is 0 Å². The summed E-state index contributed by atoms with van der Waals surface area (Å²) in [7, 11) is -2.99. The number of hydrogen-bond acceptors (Lipinski definition) is 5. The van der Waals surface area contributed by atoms with E-state index in [2.05, 4.69) is 25.7 Å². The van der Waals surface area contributed by atoms with Crippen LogP contribution in [0.3, 0.4) is 0 Å². The first-order valence-corrected chi connectivity index (χ1v) is 9.97. The minimum absolute atomic E-state index is 0.148. The van der Waals surface area contributed by atoms with E-state index < -0.39 is 9.84 Å². The first-order valence-electron chi connectivity index (χ1n) is 6.86. The number of nitrogens with two attached hydrogens (primary N) is 1. The molecular formula is C13H28N2O2S2. The van der Waals surface area contributed by atoms with Gasteiger partial charge >= 0.3 is 0 Å². The predicted molar refractivity (Wildman–Crippen MR) is 84.2 cm³/mol. The average molecular weight is 309 g/mol. The number of hydrogen-bond donors (Lipinski definition) is 1. The molecule has 0 aromatic carbocycles. The normalized spacial score (nSPS) is 24.4. The van der Waals surface area contributed by atoms with Crippen LogP contribution in [-0.4, -0.2) is 55.6 Å². The van der Waals surface area contributed by atoms with Crippen LogP contribution in [0.25, 0.3) is 0 Å². The van der Waals surface area contributed by atoms with Crippen molar-refractivity contribution in [1.29, 1.82) is 0 Å². The zero-order valence-electron chi connectivity index (χ0n) is 12.6. The summed E-state index contributed by atoms with van der Waals surface area (Å²) in [4.78, 5) is 2.09. The lowest BCUT2D eigenvalue weighted by molar-refractivity contribution is 0.244. The highest BCUT2D eigenvalue weighted by Crippen LogP contribution is 2.23. The maximum Gasteiger partial charge on any atom is 0.164 e. The molecule has 2 atom stereocenters. The van der Waals surface area contributed by atoms with Gasteiger partial charge in [0, 0.05) is 36.9 Å². The highest BCUT2D eigenvalue weighted by atomic mass is 32.2. The maximum absolute atomic E-state index is 11.8. The van der Waals surface area contributed by atoms with Crippen molar-refractivity contribution in [3.05, 3.63) is 0 Å². The van der Waals surface area contributed by atoms with Crippen LogP contribution in [-0.2, 0) is 9.84 Å². The molecule has 19 heavy (non-hydrogen) atoms. The van der Waals surface area contributed by atoms with E-state index in [1.165, 1.54) is 6.26 Å². The van der Waals surface area contributed by atoms with Gasteiger partial charge in [-0.3, -0.25) is 4.90 Å². The molecule has 0 amide bonds. The third-order valence-electron chi connectivity index (χ3n) is 3.35. The molecule has 1 rings (SSSR count). The fraction of sp³-hybridized carbons (Fsp3) is 1.00. The number of nitrogens with zero attached hydrogens (tertiary/aromatic N) is 1. The molecule has 6 heteroatoms. The Morgan fingerprint density at radius 1 is 1.42 bits per heavy atom. The first-order chi connectivity index (χ1) is 8.59. The lowest BCUT2D eigenvalue weighted by Crippen LogP contribution is -2.48. The Balaban J connectivity index is 2.50. The van der Waals surface area contributed by atoms with Crippen molar-refractivity contribution < 1.29 is 8.42 Å². The van der Waals surface area contributed by atoms with E-state index in [0.717, 1.165) is 31.7 Å². The van der Waals surface area contributed by atoms with Gasteiger partial charge < -0.3 is 5.73 Å². The summed E-state index contributed by atoms with van der Waals surface area (Å²) < 4.78 is 23.6. The Morgan fingerprint density at radius 2 is 2.05 bits per heavy atom. The molecule has 1 heterocycles. The van der Waals surface area contributed by atoms with Crippen LogP contribution in [0.5, 0.6) is 0 Å². The molecule has 2 unspecified atom stereocenters. The SMILES string of the molecule is CC(C)(C)CC(N)CCN1CCSCC1S(C)(=O)=O. The van der Waals surface area contributed by atoms with E-state index in [0.29, 0.717) is 5.75 Å². The summed E-state index contributed by atoms with van der Waals surface area (Å²) >= 11 is 1.73. The molecular weight excluding hydrogens is 280 g/mol. The topological polar surface area (TPSA) is 63.4 Å². The van der Waals surface area contributed by atoms with E-state index in [4.69, 9.17) is 5.73 Å². The molecule has 0 radical (unpaired) electrons. The molecule has 0 aliphatic carbocycles. The van der Waals surface area contributed by atoms with Crippen molar-refractivity contribution >= 4 is 21.6 Å². The molecule has 2 N–H and O–H groups in total. The molecule has 0 bridgehead atoms. The van der Waals surface area contributed by atoms with E-state index in [1.54, 1.807) is 11.8 Å². The summed E-state index contributed by atoms with van der Waals surface area (Å²) in [6, 6.07) is 0.148. The molecule has 0 saturated carbocycles. The summed E-state index contributed by atoms with van der Waals surface area (Å²) in [6.45, 7) is 8.19. The standard InChI is InChI=1S/C13H28N2O2S2/c1-13(2,3)9-11(14)5-6-15-7-8-18-10-12(15)19(4,16)17/h11-12H,5-10,14H2,1-4H3. The van der Waals surface area contributed by atoms with Crippen LogP contribution >= 0.6 is 11.8 Å². The molecule has 1 saturated heterocycles. The Morgan fingerprint density at radius 3 is 2.58 bits per heavy atom. The van der Waals surface area contributed by atoms with Gasteiger partial charge in [0.1, 0.15) is 5.37 Å². The Kier molecular flexibility index (Phi) is 6.17. The van der Waals surface area contributed by atoms with E-state index in [-0.39, 0.29) is 16.8 Å². The largest absolute Gasteiger partial charge is 0.328 e. The zero-order chi connectivity index (χ0) is 14.7. The minimum Gasteiger partial charge on any atom is -0.328 e. The predicted octanol–water partition coefficient (Wildman–Crippen LogP) is 1.56. The van der Waals surface area contributed by atoms with Gasteiger partial charge in [0.05, 0.1) is 0 Å². The zero-order valence-corrected chi connectivity index (χ0v) is 14.2. The quantitative estimate of drug-likeness (QED) is 0.835. The van der Waals surface area contributed by atoms with Crippen LogP contribution in [0.2, 0.25) is 0 Å². The molecule has 0 aromatic rings. The highest BCUT2D eigenvalue weighted by Gasteiger charge is 2.31. The monoisotopic (exact) mass is 308 g/mol. The van der Waals surface area contributed by atoms with Crippen LogP contribution < -0.4 is 5.73 Å². The van der Waals surface area contributed by atoms with Gasteiger partial charge in [-0.25, -0.2) is 8.42 Å². The lowest BCUT2D eigenvalue weighted by Gasteiger charge is -2.35. The van der Waals surface area contributed by atoms with Gasteiger partial charge in [0.15, 0.2) is 9.84 Å². The third kappa shape index (κ3) is 6.47. The van der Waals surface area contributed by atoms with Crippen molar-refractivity contribution in [2.75, 3.05) is 30.9 Å². The molecule has 1 aliphatic rings. The van der Waals surface area contributed by atoms with Crippen molar-refractivity contribution in [2.24, 2.45) is 11.1 Å². The summed E-state index contributed by atoms with van der Waals surface area (Å²) in [6.07, 6.45) is 3.18. The molecule has 1 aliphatic heterocycles. The second-order valence-electron chi connectivity index (χ2n) is 6.71. The van der Waals surface area contributed by atoms with Gasteiger partial charge in [-0.05, 0) is 18.3 Å². The Bertz CT molecular complexity index is 377. The van der Waals surface area contributed by atoms with Crippen LogP contribution in [0.1, 0.15) is 33.6 Å². The number of rotatable bonds is 5. The maximum atomic E-state index is 11.8.